The van der Waals surface area contributed by atoms with E-state index < -0.39 is 45.0 Å². The number of carbonyl (C=O) groups is 2. The highest BCUT2D eigenvalue weighted by Crippen LogP contribution is 2.41. The van der Waals surface area contributed by atoms with Crippen LogP contribution in [0.4, 0.5) is 18.9 Å². The van der Waals surface area contributed by atoms with Gasteiger partial charge < -0.3 is 9.57 Å². The van der Waals surface area contributed by atoms with Gasteiger partial charge >= 0.3 is 12.1 Å². The number of aryl methyl sites for hydroxylation is 1. The standard InChI is InChI=1S/C16H15ClF3N3O6S/c1-8(24)23(29-9(2)25)12-7-10(5-6-11(12)16(18,19)20)28-14-13(17)15(22(3)21-14)30(4,26)27/h5-7H,1-4H3. The average Bonchev–Trinajstić information content (AvgIpc) is 2.84. The molecule has 14 heteroatoms. The first kappa shape index (κ1) is 23.5. The molecule has 0 fully saturated rings. The molecule has 0 aliphatic heterocycles. The molecule has 2 aromatic rings. The molecule has 0 unspecified atom stereocenters. The number of hydroxylamine groups is 1. The predicted octanol–water partition coefficient (Wildman–Crippen LogP) is 3.12. The number of benzene rings is 1. The number of alkyl halides is 3. The maximum Gasteiger partial charge on any atom is 0.418 e. The molecule has 1 heterocycles. The van der Waals surface area contributed by atoms with Crippen molar-refractivity contribution in [3.8, 4) is 11.6 Å². The number of carbonyl (C=O) groups excluding carboxylic acids is 2. The third-order valence-corrected chi connectivity index (χ3v) is 5.10. The zero-order valence-electron chi connectivity index (χ0n) is 15.9. The Morgan fingerprint density at radius 1 is 1.23 bits per heavy atom. The molecule has 2 rings (SSSR count). The molecular formula is C16H15ClF3N3O6S. The van der Waals surface area contributed by atoms with Crippen LogP contribution >= 0.6 is 11.6 Å². The Morgan fingerprint density at radius 2 is 1.83 bits per heavy atom. The molecule has 0 radical (unpaired) electrons. The van der Waals surface area contributed by atoms with Gasteiger partial charge in [-0.25, -0.2) is 13.2 Å². The summed E-state index contributed by atoms with van der Waals surface area (Å²) in [5, 5.41) is 3.21. The Balaban J connectivity index is 2.59. The number of aromatic nitrogens is 2. The molecule has 0 N–H and O–H groups in total. The molecule has 0 aliphatic carbocycles. The van der Waals surface area contributed by atoms with Crippen LogP contribution in [0.3, 0.4) is 0 Å². The second kappa shape index (κ2) is 8.14. The van der Waals surface area contributed by atoms with Crippen LogP contribution in [-0.4, -0.2) is 36.3 Å². The van der Waals surface area contributed by atoms with E-state index in [0.29, 0.717) is 6.07 Å². The van der Waals surface area contributed by atoms with Gasteiger partial charge in [-0.2, -0.15) is 13.2 Å². The fraction of sp³-hybridized carbons (Fsp3) is 0.312. The Bertz CT molecular complexity index is 1110. The van der Waals surface area contributed by atoms with Crippen molar-refractivity contribution in [3.05, 3.63) is 28.8 Å². The minimum atomic E-state index is -4.90. The van der Waals surface area contributed by atoms with Gasteiger partial charge in [-0.1, -0.05) is 11.6 Å². The SMILES string of the molecule is CC(=O)ON(C(C)=O)c1cc(Oc2nn(C)c(S(C)(=O)=O)c2Cl)ccc1C(F)(F)F. The Kier molecular flexibility index (Phi) is 6.37. The van der Waals surface area contributed by atoms with Gasteiger partial charge in [0.2, 0.25) is 0 Å². The predicted molar refractivity (Wildman–Crippen MR) is 97.8 cm³/mol. The van der Waals surface area contributed by atoms with Crippen LogP contribution in [0.2, 0.25) is 5.02 Å². The van der Waals surface area contributed by atoms with Crippen molar-refractivity contribution >= 4 is 39.0 Å². The first-order chi connectivity index (χ1) is 13.6. The molecule has 0 aliphatic rings. The second-order valence-corrected chi connectivity index (χ2v) is 8.30. The van der Waals surface area contributed by atoms with Gasteiger partial charge in [-0.15, -0.1) is 10.2 Å². The topological polar surface area (TPSA) is 108 Å². The van der Waals surface area contributed by atoms with Gasteiger partial charge in [0.25, 0.3) is 11.8 Å². The molecule has 1 amide bonds. The molecule has 0 saturated carbocycles. The molecule has 0 saturated heterocycles. The van der Waals surface area contributed by atoms with Crippen LogP contribution in [0.25, 0.3) is 0 Å². The Morgan fingerprint density at radius 3 is 2.27 bits per heavy atom. The van der Waals surface area contributed by atoms with Crippen LogP contribution in [0.5, 0.6) is 11.6 Å². The van der Waals surface area contributed by atoms with Crippen LogP contribution in [-0.2, 0) is 37.5 Å². The lowest BCUT2D eigenvalue weighted by molar-refractivity contribution is -0.149. The van der Waals surface area contributed by atoms with E-state index in [9.17, 15) is 31.2 Å². The third-order valence-electron chi connectivity index (χ3n) is 3.48. The number of rotatable bonds is 4. The molecule has 0 spiro atoms. The fourth-order valence-electron chi connectivity index (χ4n) is 2.43. The summed E-state index contributed by atoms with van der Waals surface area (Å²) >= 11 is 5.99. The number of amides is 1. The van der Waals surface area contributed by atoms with Crippen LogP contribution in [0.15, 0.2) is 23.2 Å². The average molecular weight is 470 g/mol. The molecule has 9 nitrogen and oxygen atoms in total. The summed E-state index contributed by atoms with van der Waals surface area (Å²) in [7, 11) is -2.50. The van der Waals surface area contributed by atoms with E-state index in [4.69, 9.17) is 16.3 Å². The zero-order valence-corrected chi connectivity index (χ0v) is 17.5. The number of anilines is 1. The summed E-state index contributed by atoms with van der Waals surface area (Å²) < 4.78 is 70.1. The van der Waals surface area contributed by atoms with E-state index >= 15 is 0 Å². The normalized spacial score (nSPS) is 11.9. The number of nitrogens with zero attached hydrogens (tertiary/aromatic N) is 3. The fourth-order valence-corrected chi connectivity index (χ4v) is 3.99. The van der Waals surface area contributed by atoms with Crippen molar-refractivity contribution in [1.82, 2.24) is 9.78 Å². The molecule has 0 atom stereocenters. The summed E-state index contributed by atoms with van der Waals surface area (Å²) in [4.78, 5) is 27.6. The van der Waals surface area contributed by atoms with Crippen molar-refractivity contribution in [2.24, 2.45) is 7.05 Å². The molecular weight excluding hydrogens is 455 g/mol. The number of ether oxygens (including phenoxy) is 1. The number of halogens is 4. The Labute approximate surface area is 173 Å². The number of hydrogen-bond donors (Lipinski definition) is 0. The maximum absolute atomic E-state index is 13.4. The van der Waals surface area contributed by atoms with Crippen molar-refractivity contribution in [3.63, 3.8) is 0 Å². The van der Waals surface area contributed by atoms with Crippen LogP contribution in [0.1, 0.15) is 19.4 Å². The second-order valence-electron chi connectivity index (χ2n) is 6.00. The van der Waals surface area contributed by atoms with Crippen LogP contribution < -0.4 is 9.80 Å². The first-order valence-corrected chi connectivity index (χ1v) is 10.2. The van der Waals surface area contributed by atoms with Gasteiger partial charge in [0.05, 0.1) is 5.56 Å². The summed E-state index contributed by atoms with van der Waals surface area (Å²) in [5.41, 5.74) is -2.10. The first-order valence-electron chi connectivity index (χ1n) is 7.93. The maximum atomic E-state index is 13.4. The van der Waals surface area contributed by atoms with Crippen LogP contribution in [0, 0.1) is 0 Å². The van der Waals surface area contributed by atoms with E-state index in [1.807, 2.05) is 0 Å². The highest BCUT2D eigenvalue weighted by atomic mass is 35.5. The summed E-state index contributed by atoms with van der Waals surface area (Å²) in [6, 6.07) is 2.28. The van der Waals surface area contributed by atoms with Crippen molar-refractivity contribution in [2.75, 3.05) is 11.3 Å². The number of sulfone groups is 1. The summed E-state index contributed by atoms with van der Waals surface area (Å²) in [5.74, 6) is -2.72. The van der Waals surface area contributed by atoms with E-state index in [2.05, 4.69) is 9.94 Å². The highest BCUT2D eigenvalue weighted by Gasteiger charge is 2.37. The minimum Gasteiger partial charge on any atom is -0.436 e. The van der Waals surface area contributed by atoms with E-state index in [-0.39, 0.29) is 20.9 Å². The lowest BCUT2D eigenvalue weighted by Gasteiger charge is -2.23. The monoisotopic (exact) mass is 469 g/mol. The third kappa shape index (κ3) is 5.02. The summed E-state index contributed by atoms with van der Waals surface area (Å²) in [6.45, 7) is 1.80. The molecule has 1 aromatic heterocycles. The molecule has 164 valence electrons. The number of hydrogen-bond acceptors (Lipinski definition) is 7. The van der Waals surface area contributed by atoms with Gasteiger partial charge in [0, 0.05) is 33.2 Å². The minimum absolute atomic E-state index is 0.167. The van der Waals surface area contributed by atoms with E-state index in [0.717, 1.165) is 36.9 Å². The smallest absolute Gasteiger partial charge is 0.418 e. The largest absolute Gasteiger partial charge is 0.436 e. The summed E-state index contributed by atoms with van der Waals surface area (Å²) in [6.07, 6.45) is -4.01. The van der Waals surface area contributed by atoms with Crippen molar-refractivity contribution in [1.29, 1.82) is 0 Å². The molecule has 1 aromatic carbocycles. The zero-order chi connectivity index (χ0) is 23.0. The lowest BCUT2D eigenvalue weighted by Crippen LogP contribution is -2.32. The van der Waals surface area contributed by atoms with Gasteiger partial charge in [0.15, 0.2) is 14.9 Å². The molecule has 0 bridgehead atoms. The van der Waals surface area contributed by atoms with Gasteiger partial charge in [0.1, 0.15) is 16.5 Å². The van der Waals surface area contributed by atoms with E-state index in [1.165, 1.54) is 7.05 Å². The van der Waals surface area contributed by atoms with Crippen molar-refractivity contribution in [2.45, 2.75) is 25.0 Å². The quantitative estimate of drug-likeness (QED) is 0.633. The van der Waals surface area contributed by atoms with Crippen molar-refractivity contribution < 1.29 is 40.8 Å². The highest BCUT2D eigenvalue weighted by molar-refractivity contribution is 7.90. The van der Waals surface area contributed by atoms with Gasteiger partial charge in [-0.05, 0) is 12.1 Å². The van der Waals surface area contributed by atoms with E-state index in [1.54, 1.807) is 0 Å². The molecule has 30 heavy (non-hydrogen) atoms. The lowest BCUT2D eigenvalue weighted by atomic mass is 10.1. The Hall–Kier alpha value is -2.80. The van der Waals surface area contributed by atoms with Gasteiger partial charge in [-0.3, -0.25) is 9.48 Å².